The second-order valence-corrected chi connectivity index (χ2v) is 11.3. The van der Waals surface area contributed by atoms with Crippen LogP contribution in [-0.2, 0) is 17.9 Å². The van der Waals surface area contributed by atoms with Gasteiger partial charge < -0.3 is 20.0 Å². The van der Waals surface area contributed by atoms with E-state index in [4.69, 9.17) is 4.42 Å². The van der Waals surface area contributed by atoms with Crippen LogP contribution in [0.1, 0.15) is 36.7 Å². The average Bonchev–Trinajstić information content (AvgIpc) is 3.67. The van der Waals surface area contributed by atoms with Crippen LogP contribution in [0.4, 0.5) is 10.1 Å². The van der Waals surface area contributed by atoms with E-state index in [1.807, 2.05) is 68.5 Å². The van der Waals surface area contributed by atoms with Crippen molar-refractivity contribution < 1.29 is 13.6 Å². The van der Waals surface area contributed by atoms with Gasteiger partial charge in [0.1, 0.15) is 35.0 Å². The number of nitrogens with zero attached hydrogens (tertiary/aromatic N) is 3. The largest absolute Gasteiger partial charge is 0.456 e. The predicted octanol–water partition coefficient (Wildman–Crippen LogP) is 7.35. The minimum Gasteiger partial charge on any atom is -0.456 e. The fourth-order valence-electron chi connectivity index (χ4n) is 5.89. The molecule has 0 saturated carbocycles. The molecule has 10 heteroatoms. The molecule has 0 aliphatic rings. The number of nitrogens with one attached hydrogen (secondary N) is 3. The topological polar surface area (TPSA) is 118 Å². The number of carbonyl (C=O) groups excluding carboxylic acids is 1. The van der Waals surface area contributed by atoms with Gasteiger partial charge in [-0.25, -0.2) is 9.37 Å². The monoisotopic (exact) mass is 626 g/mol. The van der Waals surface area contributed by atoms with Gasteiger partial charge in [0, 0.05) is 45.8 Å². The Morgan fingerprint density at radius 1 is 1.06 bits per heavy atom. The smallest absolute Gasteiger partial charge is 0.277 e. The van der Waals surface area contributed by atoms with Crippen molar-refractivity contribution in [1.82, 2.24) is 24.8 Å². The van der Waals surface area contributed by atoms with Crippen LogP contribution in [0.5, 0.6) is 0 Å². The van der Waals surface area contributed by atoms with Crippen molar-refractivity contribution in [2.75, 3.05) is 5.32 Å². The number of hydrogen-bond acceptors (Lipinski definition) is 6. The number of H-pyrrole nitrogens is 1. The molecule has 1 amide bonds. The maximum absolute atomic E-state index is 14.9. The van der Waals surface area contributed by atoms with Crippen molar-refractivity contribution in [2.45, 2.75) is 33.0 Å². The molecule has 234 valence electrons. The summed E-state index contributed by atoms with van der Waals surface area (Å²) in [4.78, 5) is 39.0. The molecule has 47 heavy (non-hydrogen) atoms. The molecule has 4 heterocycles. The first-order valence-corrected chi connectivity index (χ1v) is 15.3. The van der Waals surface area contributed by atoms with Crippen molar-refractivity contribution in [2.24, 2.45) is 0 Å². The van der Waals surface area contributed by atoms with Crippen LogP contribution in [0.3, 0.4) is 0 Å². The summed E-state index contributed by atoms with van der Waals surface area (Å²) in [5.41, 5.74) is 5.02. The summed E-state index contributed by atoms with van der Waals surface area (Å²) in [6.07, 6.45) is 8.85. The number of amides is 1. The van der Waals surface area contributed by atoms with Crippen molar-refractivity contribution in [3.63, 3.8) is 0 Å². The number of anilines is 1. The number of rotatable bonds is 9. The highest BCUT2D eigenvalue weighted by atomic mass is 19.1. The van der Waals surface area contributed by atoms with E-state index in [9.17, 15) is 14.0 Å². The Kier molecular flexibility index (Phi) is 7.83. The molecular formula is C37H31FN6O3. The van der Waals surface area contributed by atoms with Crippen molar-refractivity contribution in [3.8, 4) is 11.4 Å². The molecule has 3 aromatic carbocycles. The predicted molar refractivity (Wildman–Crippen MR) is 182 cm³/mol. The van der Waals surface area contributed by atoms with Gasteiger partial charge in [0.2, 0.25) is 5.91 Å². The maximum Gasteiger partial charge on any atom is 0.277 e. The van der Waals surface area contributed by atoms with E-state index < -0.39 is 17.3 Å². The molecule has 9 nitrogen and oxygen atoms in total. The lowest BCUT2D eigenvalue weighted by Crippen LogP contribution is -2.34. The van der Waals surface area contributed by atoms with Gasteiger partial charge in [0.05, 0.1) is 18.3 Å². The van der Waals surface area contributed by atoms with Crippen LogP contribution in [0, 0.1) is 5.82 Å². The summed E-state index contributed by atoms with van der Waals surface area (Å²) in [5, 5.41) is 9.03. The van der Waals surface area contributed by atoms with Gasteiger partial charge in [-0.3, -0.25) is 19.1 Å². The number of benzene rings is 3. The molecule has 0 bridgehead atoms. The first kappa shape index (κ1) is 29.7. The summed E-state index contributed by atoms with van der Waals surface area (Å²) >= 11 is 0. The van der Waals surface area contributed by atoms with E-state index >= 15 is 0 Å². The first-order valence-electron chi connectivity index (χ1n) is 15.3. The Balaban J connectivity index is 1.19. The first-order chi connectivity index (χ1) is 22.9. The lowest BCUT2D eigenvalue weighted by Gasteiger charge is -2.18. The number of pyridine rings is 1. The number of allylic oxidation sites excluding steroid dienone is 1. The SMILES string of the molecule is C/C=C/c1cccc2oc3ccc([C@@H](C)Nc4cnc(-c5ccccc5F)n(CC(=O)NCc5cc6cnccc6[nH]5)c4=O)cc3c12. The van der Waals surface area contributed by atoms with Crippen LogP contribution >= 0.6 is 0 Å². The van der Waals surface area contributed by atoms with Crippen molar-refractivity contribution in [1.29, 1.82) is 0 Å². The number of furan rings is 1. The van der Waals surface area contributed by atoms with Crippen LogP contribution in [-0.4, -0.2) is 25.4 Å². The highest BCUT2D eigenvalue weighted by molar-refractivity contribution is 6.09. The van der Waals surface area contributed by atoms with E-state index in [2.05, 4.69) is 31.7 Å². The number of carbonyl (C=O) groups is 1. The minimum absolute atomic E-state index is 0.0564. The zero-order valence-corrected chi connectivity index (χ0v) is 25.8. The molecule has 0 spiro atoms. The summed E-state index contributed by atoms with van der Waals surface area (Å²) in [6, 6.07) is 21.4. The molecule has 0 unspecified atom stereocenters. The summed E-state index contributed by atoms with van der Waals surface area (Å²) < 4.78 is 22.2. The molecule has 0 aliphatic carbocycles. The van der Waals surface area contributed by atoms with Crippen LogP contribution in [0.2, 0.25) is 0 Å². The van der Waals surface area contributed by atoms with Gasteiger partial charge in [-0.2, -0.15) is 0 Å². The summed E-state index contributed by atoms with van der Waals surface area (Å²) in [5.74, 6) is -0.920. The Labute approximate surface area is 268 Å². The Bertz CT molecular complexity index is 2340. The van der Waals surface area contributed by atoms with Gasteiger partial charge in [-0.05, 0) is 67.4 Å². The Morgan fingerprint density at radius 2 is 1.94 bits per heavy atom. The standard InChI is InChI=1S/C37H31FN6O3/c1-3-7-23-8-6-11-33-35(23)28-17-24(12-13-32(28)47-33)22(2)42-31-20-41-36(27-9-4-5-10-29(27)38)44(37(31)46)21-34(45)40-19-26-16-25-18-39-15-14-30(25)43-26/h3-18,20,22,42-43H,19,21H2,1-2H3,(H,40,45)/b7-3+/t22-/m1/s1. The molecule has 4 aromatic heterocycles. The van der Waals surface area contributed by atoms with Crippen molar-refractivity contribution in [3.05, 3.63) is 130 Å². The zero-order chi connectivity index (χ0) is 32.5. The molecule has 0 radical (unpaired) electrons. The average molecular weight is 627 g/mol. The molecule has 7 rings (SSSR count). The quantitative estimate of drug-likeness (QED) is 0.154. The molecule has 3 N–H and O–H groups in total. The molecule has 0 fully saturated rings. The number of aromatic nitrogens is 4. The lowest BCUT2D eigenvalue weighted by atomic mass is 10.0. The van der Waals surface area contributed by atoms with E-state index in [0.717, 1.165) is 49.7 Å². The second-order valence-electron chi connectivity index (χ2n) is 11.3. The molecule has 0 aliphatic heterocycles. The summed E-state index contributed by atoms with van der Waals surface area (Å²) in [6.45, 7) is 3.76. The third-order valence-corrected chi connectivity index (χ3v) is 8.19. The van der Waals surface area contributed by atoms with Gasteiger partial charge in [0.15, 0.2) is 0 Å². The Hall–Kier alpha value is -6.03. The molecular weight excluding hydrogens is 595 g/mol. The molecule has 7 aromatic rings. The molecule has 1 atom stereocenters. The van der Waals surface area contributed by atoms with Gasteiger partial charge >= 0.3 is 0 Å². The van der Waals surface area contributed by atoms with Crippen LogP contribution in [0.15, 0.2) is 107 Å². The van der Waals surface area contributed by atoms with Gasteiger partial charge in [-0.1, -0.05) is 42.5 Å². The van der Waals surface area contributed by atoms with Crippen LogP contribution < -0.4 is 16.2 Å². The normalized spacial score (nSPS) is 12.3. The molecule has 0 saturated heterocycles. The third-order valence-electron chi connectivity index (χ3n) is 8.19. The van der Waals surface area contributed by atoms with Crippen LogP contribution in [0.25, 0.3) is 50.3 Å². The van der Waals surface area contributed by atoms with Crippen molar-refractivity contribution >= 4 is 50.5 Å². The lowest BCUT2D eigenvalue weighted by molar-refractivity contribution is -0.121. The maximum atomic E-state index is 14.9. The number of aromatic amines is 1. The van der Waals surface area contributed by atoms with E-state index in [1.165, 1.54) is 22.9 Å². The number of fused-ring (bicyclic) bond motifs is 4. The number of hydrogen-bond donors (Lipinski definition) is 3. The fraction of sp³-hybridized carbons (Fsp3) is 0.135. The minimum atomic E-state index is -0.549. The third kappa shape index (κ3) is 5.77. The van der Waals surface area contributed by atoms with E-state index in [1.54, 1.807) is 24.5 Å². The van der Waals surface area contributed by atoms with E-state index in [-0.39, 0.29) is 36.2 Å². The summed E-state index contributed by atoms with van der Waals surface area (Å²) in [7, 11) is 0. The van der Waals surface area contributed by atoms with E-state index in [0.29, 0.717) is 0 Å². The second kappa shape index (κ2) is 12.4. The highest BCUT2D eigenvalue weighted by Gasteiger charge is 2.20. The fourth-order valence-corrected chi connectivity index (χ4v) is 5.89. The van der Waals surface area contributed by atoms with Gasteiger partial charge in [0.25, 0.3) is 5.56 Å². The van der Waals surface area contributed by atoms with Gasteiger partial charge in [-0.15, -0.1) is 0 Å². The number of halogens is 1. The Morgan fingerprint density at radius 3 is 2.77 bits per heavy atom. The highest BCUT2D eigenvalue weighted by Crippen LogP contribution is 2.34. The zero-order valence-electron chi connectivity index (χ0n) is 25.8.